The summed E-state index contributed by atoms with van der Waals surface area (Å²) < 4.78 is 11.2. The summed E-state index contributed by atoms with van der Waals surface area (Å²) in [6.07, 6.45) is 2.15. The second kappa shape index (κ2) is 8.31. The summed E-state index contributed by atoms with van der Waals surface area (Å²) in [6.45, 7) is 11.1. The molecule has 1 fully saturated rings. The predicted octanol–water partition coefficient (Wildman–Crippen LogP) is 5.03. The van der Waals surface area contributed by atoms with E-state index in [-0.39, 0.29) is 11.9 Å². The van der Waals surface area contributed by atoms with Gasteiger partial charge in [0, 0.05) is 17.6 Å². The van der Waals surface area contributed by atoms with Crippen molar-refractivity contribution in [3.05, 3.63) is 22.7 Å². The number of halogens is 1. The van der Waals surface area contributed by atoms with Crippen LogP contribution in [-0.4, -0.2) is 36.6 Å². The molecule has 1 atom stereocenters. The van der Waals surface area contributed by atoms with Crippen molar-refractivity contribution < 1.29 is 14.3 Å². The third kappa shape index (κ3) is 4.81. The van der Waals surface area contributed by atoms with E-state index in [0.717, 1.165) is 12.8 Å². The van der Waals surface area contributed by atoms with Crippen molar-refractivity contribution in [2.75, 3.05) is 13.7 Å². The van der Waals surface area contributed by atoms with Crippen LogP contribution in [-0.2, 0) is 0 Å². The fourth-order valence-electron chi connectivity index (χ4n) is 2.74. The van der Waals surface area contributed by atoms with Gasteiger partial charge < -0.3 is 14.4 Å². The Morgan fingerprint density at radius 2 is 1.88 bits per heavy atom. The summed E-state index contributed by atoms with van der Waals surface area (Å²) in [4.78, 5) is 15.1. The molecular formula is C20H30ClNO3. The Balaban J connectivity index is 2.31. The maximum absolute atomic E-state index is 13.1. The van der Waals surface area contributed by atoms with Crippen LogP contribution in [0.5, 0.6) is 11.5 Å². The molecule has 1 aromatic carbocycles. The van der Waals surface area contributed by atoms with Crippen LogP contribution >= 0.6 is 11.6 Å². The molecule has 0 N–H and O–H groups in total. The van der Waals surface area contributed by atoms with Gasteiger partial charge >= 0.3 is 0 Å². The number of hydrogen-bond donors (Lipinski definition) is 0. The van der Waals surface area contributed by atoms with Gasteiger partial charge in [-0.1, -0.05) is 39.3 Å². The molecule has 2 rings (SSSR count). The predicted molar refractivity (Wildman–Crippen MR) is 102 cm³/mol. The van der Waals surface area contributed by atoms with Crippen LogP contribution in [0.4, 0.5) is 0 Å². The van der Waals surface area contributed by atoms with E-state index in [9.17, 15) is 4.79 Å². The standard InChI is InChI=1S/C20H30ClNO3/c1-12(2)11-25-19-17(21)9-15(10-18(19)24-6)20(23)22(16-7-8-16)14(5)13(3)4/h9-10,12-14,16H,7-8,11H2,1-6H3. The minimum Gasteiger partial charge on any atom is -0.493 e. The van der Waals surface area contributed by atoms with Crippen molar-refractivity contribution in [3.63, 3.8) is 0 Å². The molecule has 0 radical (unpaired) electrons. The molecule has 1 aromatic rings. The van der Waals surface area contributed by atoms with E-state index in [1.807, 2.05) is 4.90 Å². The zero-order chi connectivity index (χ0) is 18.7. The normalized spacial score (nSPS) is 15.4. The molecule has 0 bridgehead atoms. The Hall–Kier alpha value is -1.42. The fraction of sp³-hybridized carbons (Fsp3) is 0.650. The van der Waals surface area contributed by atoms with Crippen molar-refractivity contribution in [1.29, 1.82) is 0 Å². The molecule has 5 heteroatoms. The van der Waals surface area contributed by atoms with Crippen LogP contribution in [0.1, 0.15) is 57.8 Å². The van der Waals surface area contributed by atoms with Crippen molar-refractivity contribution in [1.82, 2.24) is 4.90 Å². The maximum atomic E-state index is 13.1. The first-order valence-electron chi connectivity index (χ1n) is 9.09. The van der Waals surface area contributed by atoms with Gasteiger partial charge in [-0.15, -0.1) is 0 Å². The summed E-state index contributed by atoms with van der Waals surface area (Å²) >= 11 is 6.41. The van der Waals surface area contributed by atoms with E-state index in [1.54, 1.807) is 19.2 Å². The maximum Gasteiger partial charge on any atom is 0.254 e. The van der Waals surface area contributed by atoms with Crippen LogP contribution in [0.2, 0.25) is 5.02 Å². The Morgan fingerprint density at radius 3 is 2.36 bits per heavy atom. The van der Waals surface area contributed by atoms with Crippen LogP contribution in [0.25, 0.3) is 0 Å². The topological polar surface area (TPSA) is 38.8 Å². The minimum atomic E-state index is 0.0132. The van der Waals surface area contributed by atoms with Crippen LogP contribution in [0, 0.1) is 11.8 Å². The Morgan fingerprint density at radius 1 is 1.24 bits per heavy atom. The third-order valence-corrected chi connectivity index (χ3v) is 4.90. The number of hydrogen-bond acceptors (Lipinski definition) is 3. The number of nitrogens with zero attached hydrogens (tertiary/aromatic N) is 1. The van der Waals surface area contributed by atoms with Gasteiger partial charge in [0.2, 0.25) is 0 Å². The number of amides is 1. The lowest BCUT2D eigenvalue weighted by Crippen LogP contribution is -2.43. The van der Waals surface area contributed by atoms with E-state index >= 15 is 0 Å². The van der Waals surface area contributed by atoms with Gasteiger partial charge in [-0.25, -0.2) is 0 Å². The number of benzene rings is 1. The van der Waals surface area contributed by atoms with E-state index in [0.29, 0.717) is 46.6 Å². The fourth-order valence-corrected chi connectivity index (χ4v) is 3.00. The molecule has 1 aliphatic rings. The van der Waals surface area contributed by atoms with Gasteiger partial charge in [0.1, 0.15) is 0 Å². The Bertz CT molecular complexity index is 611. The molecule has 0 saturated heterocycles. The number of rotatable bonds is 8. The SMILES string of the molecule is COc1cc(C(=O)N(C2CC2)C(C)C(C)C)cc(Cl)c1OCC(C)C. The van der Waals surface area contributed by atoms with Gasteiger partial charge in [-0.05, 0) is 43.7 Å². The van der Waals surface area contributed by atoms with Crippen molar-refractivity contribution in [3.8, 4) is 11.5 Å². The molecule has 0 spiro atoms. The van der Waals surface area contributed by atoms with Crippen LogP contribution in [0.3, 0.4) is 0 Å². The zero-order valence-corrected chi connectivity index (χ0v) is 16.9. The minimum absolute atomic E-state index is 0.0132. The van der Waals surface area contributed by atoms with E-state index in [4.69, 9.17) is 21.1 Å². The zero-order valence-electron chi connectivity index (χ0n) is 16.1. The highest BCUT2D eigenvalue weighted by molar-refractivity contribution is 6.32. The molecule has 1 saturated carbocycles. The lowest BCUT2D eigenvalue weighted by Gasteiger charge is -2.32. The Kier molecular flexibility index (Phi) is 6.61. The number of carbonyl (C=O) groups is 1. The number of ether oxygens (including phenoxy) is 2. The first kappa shape index (κ1) is 19.9. The largest absolute Gasteiger partial charge is 0.493 e. The monoisotopic (exact) mass is 367 g/mol. The third-order valence-electron chi connectivity index (χ3n) is 4.62. The highest BCUT2D eigenvalue weighted by Crippen LogP contribution is 2.38. The summed E-state index contributed by atoms with van der Waals surface area (Å²) in [7, 11) is 1.57. The first-order valence-corrected chi connectivity index (χ1v) is 9.47. The molecule has 1 aliphatic carbocycles. The summed E-state index contributed by atoms with van der Waals surface area (Å²) in [5, 5.41) is 0.413. The summed E-state index contributed by atoms with van der Waals surface area (Å²) in [6, 6.07) is 3.96. The number of methoxy groups -OCH3 is 1. The second-order valence-electron chi connectivity index (χ2n) is 7.62. The molecule has 4 nitrogen and oxygen atoms in total. The van der Waals surface area contributed by atoms with E-state index < -0.39 is 0 Å². The van der Waals surface area contributed by atoms with Gasteiger partial charge in [-0.2, -0.15) is 0 Å². The molecule has 1 unspecified atom stereocenters. The van der Waals surface area contributed by atoms with Gasteiger partial charge in [-0.3, -0.25) is 4.79 Å². The molecule has 0 aromatic heterocycles. The molecule has 25 heavy (non-hydrogen) atoms. The van der Waals surface area contributed by atoms with Crippen molar-refractivity contribution in [2.45, 2.75) is 59.5 Å². The Labute approximate surface area is 156 Å². The van der Waals surface area contributed by atoms with Gasteiger partial charge in [0.25, 0.3) is 5.91 Å². The van der Waals surface area contributed by atoms with Gasteiger partial charge in [0.05, 0.1) is 18.7 Å². The smallest absolute Gasteiger partial charge is 0.254 e. The van der Waals surface area contributed by atoms with E-state index in [2.05, 4.69) is 34.6 Å². The quantitative estimate of drug-likeness (QED) is 0.646. The molecule has 140 valence electrons. The van der Waals surface area contributed by atoms with Gasteiger partial charge in [0.15, 0.2) is 11.5 Å². The average Bonchev–Trinajstić information content (AvgIpc) is 3.37. The molecular weight excluding hydrogens is 338 g/mol. The summed E-state index contributed by atoms with van der Waals surface area (Å²) in [5.41, 5.74) is 0.554. The molecule has 1 amide bonds. The van der Waals surface area contributed by atoms with E-state index in [1.165, 1.54) is 0 Å². The van der Waals surface area contributed by atoms with Crippen molar-refractivity contribution >= 4 is 17.5 Å². The molecule has 0 heterocycles. The lowest BCUT2D eigenvalue weighted by molar-refractivity contribution is 0.0627. The highest BCUT2D eigenvalue weighted by atomic mass is 35.5. The summed E-state index contributed by atoms with van der Waals surface area (Å²) in [5.74, 6) is 1.79. The first-order chi connectivity index (χ1) is 11.8. The molecule has 0 aliphatic heterocycles. The van der Waals surface area contributed by atoms with Crippen LogP contribution in [0.15, 0.2) is 12.1 Å². The number of carbonyl (C=O) groups excluding carboxylic acids is 1. The van der Waals surface area contributed by atoms with Crippen molar-refractivity contribution in [2.24, 2.45) is 11.8 Å². The van der Waals surface area contributed by atoms with Crippen LogP contribution < -0.4 is 9.47 Å². The highest BCUT2D eigenvalue weighted by Gasteiger charge is 2.37. The second-order valence-corrected chi connectivity index (χ2v) is 8.03. The average molecular weight is 368 g/mol. The lowest BCUT2D eigenvalue weighted by atomic mass is 10.0.